The summed E-state index contributed by atoms with van der Waals surface area (Å²) < 4.78 is 0. The van der Waals surface area contributed by atoms with Gasteiger partial charge in [-0.15, -0.1) is 0 Å². The first kappa shape index (κ1) is 9.40. The molecule has 2 rings (SSSR count). The highest BCUT2D eigenvalue weighted by atomic mass is 15.2. The van der Waals surface area contributed by atoms with Crippen molar-refractivity contribution >= 4 is 5.82 Å². The van der Waals surface area contributed by atoms with Crippen LogP contribution < -0.4 is 5.32 Å². The molecule has 4 nitrogen and oxygen atoms in total. The second kappa shape index (κ2) is 3.92. The van der Waals surface area contributed by atoms with Crippen molar-refractivity contribution in [2.75, 3.05) is 25.5 Å². The predicted molar refractivity (Wildman–Crippen MR) is 56.3 cm³/mol. The third-order valence-electron chi connectivity index (χ3n) is 2.52. The summed E-state index contributed by atoms with van der Waals surface area (Å²) in [4.78, 5) is 10.7. The summed E-state index contributed by atoms with van der Waals surface area (Å²) in [5.41, 5.74) is 0. The van der Waals surface area contributed by atoms with Crippen LogP contribution in [0.15, 0.2) is 12.3 Å². The second-order valence-electron chi connectivity index (χ2n) is 3.88. The van der Waals surface area contributed by atoms with Crippen LogP contribution in [0.25, 0.3) is 0 Å². The third-order valence-corrected chi connectivity index (χ3v) is 2.52. The first-order chi connectivity index (χ1) is 6.74. The van der Waals surface area contributed by atoms with E-state index in [0.717, 1.165) is 18.2 Å². The van der Waals surface area contributed by atoms with Gasteiger partial charge in [0.1, 0.15) is 11.6 Å². The van der Waals surface area contributed by atoms with Gasteiger partial charge < -0.3 is 10.2 Å². The molecule has 1 aliphatic rings. The van der Waals surface area contributed by atoms with Crippen LogP contribution in [0.3, 0.4) is 0 Å². The molecule has 0 aromatic carbocycles. The Morgan fingerprint density at radius 3 is 3.07 bits per heavy atom. The first-order valence-corrected chi connectivity index (χ1v) is 4.99. The van der Waals surface area contributed by atoms with Crippen LogP contribution in [0.2, 0.25) is 0 Å². The molecule has 1 unspecified atom stereocenters. The average Bonchev–Trinajstić information content (AvgIpc) is 2.51. The second-order valence-corrected chi connectivity index (χ2v) is 3.88. The van der Waals surface area contributed by atoms with Crippen LogP contribution in [0.4, 0.5) is 5.82 Å². The summed E-state index contributed by atoms with van der Waals surface area (Å²) in [5, 5.41) is 3.42. The summed E-state index contributed by atoms with van der Waals surface area (Å²) in [5.74, 6) is 1.76. The van der Waals surface area contributed by atoms with Crippen LogP contribution in [-0.2, 0) is 0 Å². The van der Waals surface area contributed by atoms with Gasteiger partial charge in [0.05, 0.1) is 0 Å². The lowest BCUT2D eigenvalue weighted by Crippen LogP contribution is -2.24. The molecule has 1 aromatic rings. The average molecular weight is 192 g/mol. The number of aromatic nitrogens is 2. The fraction of sp³-hybridized carbons (Fsp3) is 0.600. The lowest BCUT2D eigenvalue weighted by molar-refractivity contribution is 0.414. The van der Waals surface area contributed by atoms with E-state index in [1.807, 2.05) is 13.0 Å². The Balaban J connectivity index is 1.97. The molecule has 0 spiro atoms. The Hall–Kier alpha value is -1.16. The van der Waals surface area contributed by atoms with Gasteiger partial charge in [0.15, 0.2) is 0 Å². The molecule has 1 N–H and O–H groups in total. The van der Waals surface area contributed by atoms with Gasteiger partial charge >= 0.3 is 0 Å². The molecule has 1 atom stereocenters. The van der Waals surface area contributed by atoms with E-state index >= 15 is 0 Å². The lowest BCUT2D eigenvalue weighted by atomic mass is 10.2. The minimum atomic E-state index is 0.536. The van der Waals surface area contributed by atoms with E-state index < -0.39 is 0 Å². The molecule has 1 aromatic heterocycles. The first-order valence-electron chi connectivity index (χ1n) is 4.99. The number of likely N-dealkylation sites (N-methyl/N-ethyl adjacent to an activating group) is 1. The molecule has 0 aliphatic carbocycles. The van der Waals surface area contributed by atoms with Gasteiger partial charge in [-0.05, 0) is 33.0 Å². The molecule has 1 aliphatic heterocycles. The number of hydrogen-bond acceptors (Lipinski definition) is 4. The molecule has 0 amide bonds. The van der Waals surface area contributed by atoms with E-state index in [-0.39, 0.29) is 0 Å². The van der Waals surface area contributed by atoms with Crippen molar-refractivity contribution in [1.82, 2.24) is 14.9 Å². The molecule has 2 heterocycles. The Labute approximate surface area is 84.4 Å². The van der Waals surface area contributed by atoms with Gasteiger partial charge in [0, 0.05) is 18.8 Å². The van der Waals surface area contributed by atoms with Crippen LogP contribution in [0.5, 0.6) is 0 Å². The smallest absolute Gasteiger partial charge is 0.129 e. The monoisotopic (exact) mass is 192 g/mol. The number of hydrogen-bond donors (Lipinski definition) is 1. The number of nitrogens with one attached hydrogen (secondary N) is 1. The highest BCUT2D eigenvalue weighted by Crippen LogP contribution is 2.12. The maximum absolute atomic E-state index is 4.32. The van der Waals surface area contributed by atoms with E-state index in [4.69, 9.17) is 0 Å². The normalized spacial score (nSPS) is 22.6. The molecule has 0 radical (unpaired) electrons. The highest BCUT2D eigenvalue weighted by Gasteiger charge is 2.19. The van der Waals surface area contributed by atoms with Crippen LogP contribution >= 0.6 is 0 Å². The molecule has 4 heteroatoms. The number of likely N-dealkylation sites (tertiary alicyclic amines) is 1. The summed E-state index contributed by atoms with van der Waals surface area (Å²) in [6.07, 6.45) is 2.99. The maximum Gasteiger partial charge on any atom is 0.129 e. The number of aryl methyl sites for hydroxylation is 1. The zero-order valence-corrected chi connectivity index (χ0v) is 8.70. The van der Waals surface area contributed by atoms with Gasteiger partial charge in [-0.25, -0.2) is 9.97 Å². The van der Waals surface area contributed by atoms with Crippen molar-refractivity contribution in [3.8, 4) is 0 Å². The Bertz CT molecular complexity index is 313. The van der Waals surface area contributed by atoms with E-state index in [2.05, 4.69) is 27.2 Å². The van der Waals surface area contributed by atoms with Gasteiger partial charge in [0.2, 0.25) is 0 Å². The largest absolute Gasteiger partial charge is 0.366 e. The molecule has 14 heavy (non-hydrogen) atoms. The molecule has 1 saturated heterocycles. The third kappa shape index (κ3) is 2.20. The van der Waals surface area contributed by atoms with Crippen molar-refractivity contribution < 1.29 is 0 Å². The van der Waals surface area contributed by atoms with Gasteiger partial charge in [-0.1, -0.05) is 0 Å². The van der Waals surface area contributed by atoms with Crippen molar-refractivity contribution in [2.45, 2.75) is 19.4 Å². The van der Waals surface area contributed by atoms with E-state index in [1.54, 1.807) is 6.20 Å². The van der Waals surface area contributed by atoms with Gasteiger partial charge in [0.25, 0.3) is 0 Å². The zero-order valence-electron chi connectivity index (χ0n) is 8.70. The fourth-order valence-corrected chi connectivity index (χ4v) is 1.80. The van der Waals surface area contributed by atoms with E-state index in [9.17, 15) is 0 Å². The Kier molecular flexibility index (Phi) is 2.63. The van der Waals surface area contributed by atoms with E-state index in [1.165, 1.54) is 13.0 Å². The summed E-state index contributed by atoms with van der Waals surface area (Å²) in [6, 6.07) is 2.46. The highest BCUT2D eigenvalue weighted by molar-refractivity contribution is 5.34. The SMILES string of the molecule is Cc1nccc(NC2CCN(C)C2)n1. The van der Waals surface area contributed by atoms with Crippen LogP contribution in [0.1, 0.15) is 12.2 Å². The molecular weight excluding hydrogens is 176 g/mol. The quantitative estimate of drug-likeness (QED) is 0.756. The molecule has 0 saturated carbocycles. The van der Waals surface area contributed by atoms with E-state index in [0.29, 0.717) is 6.04 Å². The fourth-order valence-electron chi connectivity index (χ4n) is 1.80. The topological polar surface area (TPSA) is 41.1 Å². The number of rotatable bonds is 2. The minimum Gasteiger partial charge on any atom is -0.366 e. The Morgan fingerprint density at radius 1 is 1.57 bits per heavy atom. The zero-order chi connectivity index (χ0) is 9.97. The van der Waals surface area contributed by atoms with Gasteiger partial charge in [-0.3, -0.25) is 0 Å². The molecule has 76 valence electrons. The lowest BCUT2D eigenvalue weighted by Gasteiger charge is -2.13. The van der Waals surface area contributed by atoms with Crippen molar-refractivity contribution in [3.63, 3.8) is 0 Å². The number of anilines is 1. The van der Waals surface area contributed by atoms with Crippen LogP contribution in [0, 0.1) is 6.92 Å². The van der Waals surface area contributed by atoms with Crippen molar-refractivity contribution in [1.29, 1.82) is 0 Å². The van der Waals surface area contributed by atoms with Crippen molar-refractivity contribution in [2.24, 2.45) is 0 Å². The Morgan fingerprint density at radius 2 is 2.43 bits per heavy atom. The van der Waals surface area contributed by atoms with Gasteiger partial charge in [-0.2, -0.15) is 0 Å². The predicted octanol–water partition coefficient (Wildman–Crippen LogP) is 0.901. The molecule has 1 fully saturated rings. The standard InChI is InChI=1S/C10H16N4/c1-8-11-5-3-10(12-8)13-9-4-6-14(2)7-9/h3,5,9H,4,6-7H2,1-2H3,(H,11,12,13). The molecular formula is C10H16N4. The van der Waals surface area contributed by atoms with Crippen LogP contribution in [-0.4, -0.2) is 41.0 Å². The molecule has 0 bridgehead atoms. The number of nitrogens with zero attached hydrogens (tertiary/aromatic N) is 3. The minimum absolute atomic E-state index is 0.536. The summed E-state index contributed by atoms with van der Waals surface area (Å²) in [7, 11) is 2.15. The summed E-state index contributed by atoms with van der Waals surface area (Å²) >= 11 is 0. The van der Waals surface area contributed by atoms with Crippen molar-refractivity contribution in [3.05, 3.63) is 18.1 Å². The maximum atomic E-state index is 4.32. The summed E-state index contributed by atoms with van der Waals surface area (Å²) in [6.45, 7) is 4.18.